The van der Waals surface area contributed by atoms with Gasteiger partial charge in [-0.15, -0.1) is 0 Å². The molecule has 1 aliphatic rings. The summed E-state index contributed by atoms with van der Waals surface area (Å²) in [5.41, 5.74) is 0.910. The predicted molar refractivity (Wildman–Crippen MR) is 87.3 cm³/mol. The highest BCUT2D eigenvalue weighted by molar-refractivity contribution is 5.76. The summed E-state index contributed by atoms with van der Waals surface area (Å²) in [5.74, 6) is 0.783. The summed E-state index contributed by atoms with van der Waals surface area (Å²) >= 11 is 0. The van der Waals surface area contributed by atoms with E-state index < -0.39 is 0 Å². The molecule has 23 heavy (non-hydrogen) atoms. The Labute approximate surface area is 135 Å². The molecule has 120 valence electrons. The van der Waals surface area contributed by atoms with Gasteiger partial charge in [-0.25, -0.2) is 0 Å². The fraction of sp³-hybridized carbons (Fsp3) is 0.333. The third-order valence-corrected chi connectivity index (χ3v) is 4.02. The van der Waals surface area contributed by atoms with Crippen molar-refractivity contribution in [3.05, 3.63) is 64.6 Å². The van der Waals surface area contributed by atoms with E-state index in [0.29, 0.717) is 12.6 Å². The first-order chi connectivity index (χ1) is 11.2. The number of aromatic nitrogens is 1. The molecule has 0 saturated heterocycles. The van der Waals surface area contributed by atoms with Gasteiger partial charge >= 0.3 is 0 Å². The van der Waals surface area contributed by atoms with E-state index in [0.717, 1.165) is 24.2 Å². The van der Waals surface area contributed by atoms with E-state index in [1.807, 2.05) is 29.2 Å². The second kappa shape index (κ2) is 6.69. The van der Waals surface area contributed by atoms with E-state index >= 15 is 0 Å². The Morgan fingerprint density at radius 3 is 2.57 bits per heavy atom. The minimum atomic E-state index is -0.152. The van der Waals surface area contributed by atoms with Crippen LogP contribution in [0.3, 0.4) is 0 Å². The van der Waals surface area contributed by atoms with Crippen LogP contribution in [0.25, 0.3) is 0 Å². The smallest absolute Gasteiger partial charge is 0.250 e. The van der Waals surface area contributed by atoms with Crippen LogP contribution in [0.15, 0.2) is 53.5 Å². The first kappa shape index (κ1) is 15.3. The number of hydrogen-bond donors (Lipinski definition) is 0. The number of pyridine rings is 1. The third-order valence-electron chi connectivity index (χ3n) is 4.02. The normalized spacial score (nSPS) is 13.6. The van der Waals surface area contributed by atoms with Gasteiger partial charge in [0.2, 0.25) is 5.91 Å². The Morgan fingerprint density at radius 2 is 1.96 bits per heavy atom. The van der Waals surface area contributed by atoms with Crippen molar-refractivity contribution in [1.29, 1.82) is 0 Å². The number of rotatable bonds is 6. The van der Waals surface area contributed by atoms with E-state index in [2.05, 4.69) is 0 Å². The number of carbonyl (C=O) groups excluding carboxylic acids is 1. The van der Waals surface area contributed by atoms with E-state index in [1.54, 1.807) is 25.4 Å². The minimum absolute atomic E-state index is 0.0170. The molecule has 1 fully saturated rings. The van der Waals surface area contributed by atoms with Gasteiger partial charge < -0.3 is 14.2 Å². The van der Waals surface area contributed by atoms with E-state index in [4.69, 9.17) is 4.74 Å². The molecule has 5 heteroatoms. The number of carbonyl (C=O) groups is 1. The Kier molecular flexibility index (Phi) is 4.46. The molecule has 2 aromatic rings. The average Bonchev–Trinajstić information content (AvgIpc) is 3.40. The number of ether oxygens (including phenoxy) is 1. The lowest BCUT2D eigenvalue weighted by atomic mass is 10.2. The molecule has 0 unspecified atom stereocenters. The topological polar surface area (TPSA) is 51.5 Å². The third kappa shape index (κ3) is 3.80. The van der Waals surface area contributed by atoms with Gasteiger partial charge in [0.05, 0.1) is 7.11 Å². The van der Waals surface area contributed by atoms with Crippen molar-refractivity contribution in [2.24, 2.45) is 0 Å². The van der Waals surface area contributed by atoms with Crippen LogP contribution in [-0.4, -0.2) is 28.5 Å². The van der Waals surface area contributed by atoms with Crippen LogP contribution in [0, 0.1) is 0 Å². The molecule has 1 aromatic heterocycles. The van der Waals surface area contributed by atoms with Gasteiger partial charge in [-0.1, -0.05) is 18.2 Å². The highest BCUT2D eigenvalue weighted by atomic mass is 16.5. The maximum absolute atomic E-state index is 12.6. The number of hydrogen-bond acceptors (Lipinski definition) is 3. The van der Waals surface area contributed by atoms with Crippen LogP contribution in [0.2, 0.25) is 0 Å². The van der Waals surface area contributed by atoms with Crippen LogP contribution in [0.4, 0.5) is 0 Å². The molecule has 5 nitrogen and oxygen atoms in total. The van der Waals surface area contributed by atoms with E-state index in [1.165, 1.54) is 10.6 Å². The lowest BCUT2D eigenvalue weighted by Crippen LogP contribution is -2.37. The van der Waals surface area contributed by atoms with E-state index in [9.17, 15) is 9.59 Å². The first-order valence-corrected chi connectivity index (χ1v) is 7.75. The number of nitrogens with zero attached hydrogens (tertiary/aromatic N) is 2. The van der Waals surface area contributed by atoms with Crippen molar-refractivity contribution in [1.82, 2.24) is 9.47 Å². The zero-order chi connectivity index (χ0) is 16.2. The van der Waals surface area contributed by atoms with Gasteiger partial charge in [-0.3, -0.25) is 9.59 Å². The van der Waals surface area contributed by atoms with Crippen molar-refractivity contribution in [3.63, 3.8) is 0 Å². The fourth-order valence-corrected chi connectivity index (χ4v) is 2.56. The van der Waals surface area contributed by atoms with Crippen LogP contribution >= 0.6 is 0 Å². The SMILES string of the molecule is COc1ccc(CN(C(=O)Cn2ccccc2=O)C2CC2)cc1. The first-order valence-electron chi connectivity index (χ1n) is 7.75. The molecule has 1 heterocycles. The maximum atomic E-state index is 12.6. The summed E-state index contributed by atoms with van der Waals surface area (Å²) in [6, 6.07) is 12.9. The number of benzene rings is 1. The van der Waals surface area contributed by atoms with Gasteiger partial charge in [0.25, 0.3) is 5.56 Å². The molecule has 3 rings (SSSR count). The van der Waals surface area contributed by atoms with Crippen molar-refractivity contribution >= 4 is 5.91 Å². The molecule has 1 amide bonds. The highest BCUT2D eigenvalue weighted by Gasteiger charge is 2.32. The summed E-state index contributed by atoms with van der Waals surface area (Å²) in [4.78, 5) is 26.3. The van der Waals surface area contributed by atoms with Gasteiger partial charge in [-0.2, -0.15) is 0 Å². The van der Waals surface area contributed by atoms with Crippen LogP contribution in [-0.2, 0) is 17.9 Å². The molecule has 1 aliphatic carbocycles. The van der Waals surface area contributed by atoms with Crippen LogP contribution in [0.1, 0.15) is 18.4 Å². The zero-order valence-corrected chi connectivity index (χ0v) is 13.1. The Balaban J connectivity index is 1.72. The molecular formula is C18H20N2O3. The lowest BCUT2D eigenvalue weighted by Gasteiger charge is -2.23. The van der Waals surface area contributed by atoms with Crippen LogP contribution in [0.5, 0.6) is 5.75 Å². The second-order valence-electron chi connectivity index (χ2n) is 5.77. The number of amides is 1. The van der Waals surface area contributed by atoms with Gasteiger partial charge in [0.15, 0.2) is 0 Å². The molecular weight excluding hydrogens is 292 g/mol. The fourth-order valence-electron chi connectivity index (χ4n) is 2.56. The predicted octanol–water partition coefficient (Wildman–Crippen LogP) is 2.05. The molecule has 1 aromatic carbocycles. The lowest BCUT2D eigenvalue weighted by molar-refractivity contribution is -0.133. The summed E-state index contributed by atoms with van der Waals surface area (Å²) in [5, 5.41) is 0. The van der Waals surface area contributed by atoms with Gasteiger partial charge in [-0.05, 0) is 36.6 Å². The molecule has 0 spiro atoms. The molecule has 0 atom stereocenters. The standard InChI is InChI=1S/C18H20N2O3/c1-23-16-9-5-14(6-10-16)12-20(15-7-8-15)18(22)13-19-11-3-2-4-17(19)21/h2-6,9-11,15H,7-8,12-13H2,1H3. The highest BCUT2D eigenvalue weighted by Crippen LogP contribution is 2.29. The minimum Gasteiger partial charge on any atom is -0.497 e. The van der Waals surface area contributed by atoms with Crippen LogP contribution < -0.4 is 10.3 Å². The van der Waals surface area contributed by atoms with E-state index in [-0.39, 0.29) is 18.0 Å². The summed E-state index contributed by atoms with van der Waals surface area (Å²) in [6.45, 7) is 0.654. The molecule has 0 radical (unpaired) electrons. The molecule has 0 aliphatic heterocycles. The summed E-state index contributed by atoms with van der Waals surface area (Å²) in [6.07, 6.45) is 3.72. The zero-order valence-electron chi connectivity index (χ0n) is 13.1. The van der Waals surface area contributed by atoms with Crippen molar-refractivity contribution < 1.29 is 9.53 Å². The Hall–Kier alpha value is -2.56. The molecule has 0 N–H and O–H groups in total. The second-order valence-corrected chi connectivity index (χ2v) is 5.77. The Bertz CT molecular complexity index is 732. The summed E-state index contributed by atoms with van der Waals surface area (Å²) < 4.78 is 6.61. The summed E-state index contributed by atoms with van der Waals surface area (Å²) in [7, 11) is 1.63. The molecule has 1 saturated carbocycles. The molecule has 0 bridgehead atoms. The van der Waals surface area contributed by atoms with Crippen molar-refractivity contribution in [3.8, 4) is 5.75 Å². The maximum Gasteiger partial charge on any atom is 0.250 e. The number of methoxy groups -OCH3 is 1. The van der Waals surface area contributed by atoms with Crippen molar-refractivity contribution in [2.45, 2.75) is 32.0 Å². The monoisotopic (exact) mass is 312 g/mol. The van der Waals surface area contributed by atoms with Crippen molar-refractivity contribution in [2.75, 3.05) is 7.11 Å². The average molecular weight is 312 g/mol. The van der Waals surface area contributed by atoms with Gasteiger partial charge in [0.1, 0.15) is 12.3 Å². The Morgan fingerprint density at radius 1 is 1.22 bits per heavy atom. The van der Waals surface area contributed by atoms with Gasteiger partial charge in [0, 0.05) is 24.8 Å². The largest absolute Gasteiger partial charge is 0.497 e. The quantitative estimate of drug-likeness (QED) is 0.820.